The lowest BCUT2D eigenvalue weighted by molar-refractivity contribution is -0.384. The summed E-state index contributed by atoms with van der Waals surface area (Å²) in [6, 6.07) is 36.4. The summed E-state index contributed by atoms with van der Waals surface area (Å²) < 4.78 is 2.09. The first-order chi connectivity index (χ1) is 20.5. The van der Waals surface area contributed by atoms with E-state index in [1.165, 1.54) is 29.5 Å². The van der Waals surface area contributed by atoms with Crippen molar-refractivity contribution in [3.63, 3.8) is 0 Å². The third-order valence-electron chi connectivity index (χ3n) is 6.98. The van der Waals surface area contributed by atoms with Crippen LogP contribution >= 0.6 is 11.8 Å². The number of hydrogen-bond acceptors (Lipinski definition) is 5. The lowest BCUT2D eigenvalue weighted by Crippen LogP contribution is -2.19. The minimum absolute atomic E-state index is 0.0194. The summed E-state index contributed by atoms with van der Waals surface area (Å²) in [6.07, 6.45) is 2.84. The number of carbonyl (C=O) groups excluding carboxylic acids is 1. The van der Waals surface area contributed by atoms with E-state index in [2.05, 4.69) is 27.9 Å². The number of aliphatic imine (C=N–C) groups is 1. The van der Waals surface area contributed by atoms with Gasteiger partial charge in [0.25, 0.3) is 11.6 Å². The highest BCUT2D eigenvalue weighted by Crippen LogP contribution is 2.39. The normalized spacial score (nSPS) is 14.8. The molecule has 2 heterocycles. The molecule has 4 aromatic carbocycles. The molecule has 0 radical (unpaired) electrons. The van der Waals surface area contributed by atoms with Gasteiger partial charge in [-0.05, 0) is 71.3 Å². The molecule has 5 aromatic rings. The Balaban J connectivity index is 1.50. The molecule has 1 N–H and O–H groups in total. The average Bonchev–Trinajstić information content (AvgIpc) is 3.58. The van der Waals surface area contributed by atoms with Crippen LogP contribution < -0.4 is 5.32 Å². The van der Waals surface area contributed by atoms with E-state index in [1.807, 2.05) is 91.0 Å². The van der Waals surface area contributed by atoms with Crippen LogP contribution in [-0.4, -0.2) is 20.6 Å². The van der Waals surface area contributed by atoms with Crippen molar-refractivity contribution < 1.29 is 9.72 Å². The highest BCUT2D eigenvalue weighted by Gasteiger charge is 2.26. The van der Waals surface area contributed by atoms with E-state index in [1.54, 1.807) is 12.1 Å². The maximum Gasteiger partial charge on any atom is 0.269 e. The molecule has 0 bridgehead atoms. The van der Waals surface area contributed by atoms with Crippen LogP contribution in [0.1, 0.15) is 18.1 Å². The first-order valence-corrected chi connectivity index (χ1v) is 14.3. The van der Waals surface area contributed by atoms with E-state index in [-0.39, 0.29) is 11.6 Å². The summed E-state index contributed by atoms with van der Waals surface area (Å²) in [4.78, 5) is 29.2. The number of amides is 1. The van der Waals surface area contributed by atoms with Crippen LogP contribution in [0.25, 0.3) is 34.3 Å². The smallest absolute Gasteiger partial charge is 0.269 e. The van der Waals surface area contributed by atoms with Gasteiger partial charge in [0.15, 0.2) is 5.17 Å². The minimum atomic E-state index is -0.404. The number of nitro benzene ring substituents is 1. The molecular formula is C34H26N4O3S. The summed E-state index contributed by atoms with van der Waals surface area (Å²) in [5.41, 5.74) is 7.30. The Kier molecular flexibility index (Phi) is 7.53. The van der Waals surface area contributed by atoms with Gasteiger partial charge in [-0.1, -0.05) is 79.7 Å². The molecule has 0 saturated carbocycles. The van der Waals surface area contributed by atoms with E-state index in [4.69, 9.17) is 0 Å². The Hall–Kier alpha value is -5.21. The zero-order valence-electron chi connectivity index (χ0n) is 22.7. The molecular weight excluding hydrogens is 544 g/mol. The molecule has 8 heteroatoms. The van der Waals surface area contributed by atoms with Crippen molar-refractivity contribution in [1.29, 1.82) is 0 Å². The Morgan fingerprint density at radius 3 is 2.14 bits per heavy atom. The number of rotatable bonds is 7. The number of amidine groups is 1. The Morgan fingerprint density at radius 1 is 0.881 bits per heavy atom. The third kappa shape index (κ3) is 5.53. The molecule has 1 amide bonds. The van der Waals surface area contributed by atoms with Crippen molar-refractivity contribution in [1.82, 2.24) is 9.88 Å². The van der Waals surface area contributed by atoms with Crippen molar-refractivity contribution in [2.24, 2.45) is 4.99 Å². The average molecular weight is 571 g/mol. The number of carbonyl (C=O) groups is 1. The zero-order chi connectivity index (χ0) is 29.1. The topological polar surface area (TPSA) is 89.5 Å². The van der Waals surface area contributed by atoms with E-state index >= 15 is 0 Å². The van der Waals surface area contributed by atoms with Crippen molar-refractivity contribution >= 4 is 40.3 Å². The van der Waals surface area contributed by atoms with E-state index in [0.29, 0.717) is 10.1 Å². The van der Waals surface area contributed by atoms with Crippen LogP contribution in [0, 0.1) is 10.1 Å². The fourth-order valence-electron chi connectivity index (χ4n) is 4.89. The predicted octanol–water partition coefficient (Wildman–Crippen LogP) is 8.17. The van der Waals surface area contributed by atoms with Gasteiger partial charge in [0, 0.05) is 23.4 Å². The SMILES string of the molecule is CCc1ccc(N=C2NC(=O)/C(=C\c3cc(-c4ccccc4)n(-c4ccc([N+](=O)[O-])cc4)c3-c3ccccc3)S2)cc1. The van der Waals surface area contributed by atoms with Crippen LogP contribution in [0.2, 0.25) is 0 Å². The first-order valence-electron chi connectivity index (χ1n) is 13.5. The second kappa shape index (κ2) is 11.7. The molecule has 1 aliphatic rings. The molecule has 6 rings (SSSR count). The van der Waals surface area contributed by atoms with Crippen LogP contribution in [-0.2, 0) is 11.2 Å². The molecule has 1 fully saturated rings. The van der Waals surface area contributed by atoms with Gasteiger partial charge in [-0.15, -0.1) is 0 Å². The standard InChI is InChI=1S/C34H26N4O3S/c1-2-23-13-15-27(16-14-23)35-34-36-33(39)31(42-34)22-26-21-30(24-9-5-3-6-10-24)37(32(26)25-11-7-4-8-12-25)28-17-19-29(20-18-28)38(40)41/h3-22H,2H2,1H3,(H,35,36,39)/b31-22+. The number of non-ortho nitro benzene ring substituents is 1. The van der Waals surface area contributed by atoms with E-state index < -0.39 is 4.92 Å². The molecule has 0 unspecified atom stereocenters. The number of nitro groups is 1. The van der Waals surface area contributed by atoms with Gasteiger partial charge in [-0.3, -0.25) is 14.9 Å². The number of nitrogens with one attached hydrogen (secondary N) is 1. The Morgan fingerprint density at radius 2 is 1.52 bits per heavy atom. The number of hydrogen-bond donors (Lipinski definition) is 1. The van der Waals surface area contributed by atoms with Crippen molar-refractivity contribution in [3.8, 4) is 28.2 Å². The first kappa shape index (κ1) is 27.0. The van der Waals surface area contributed by atoms with Crippen LogP contribution in [0.5, 0.6) is 0 Å². The summed E-state index contributed by atoms with van der Waals surface area (Å²) in [7, 11) is 0. The number of thioether (sulfide) groups is 1. The van der Waals surface area contributed by atoms with Crippen molar-refractivity contribution in [3.05, 3.63) is 141 Å². The van der Waals surface area contributed by atoms with Gasteiger partial charge in [0.1, 0.15) is 0 Å². The second-order valence-corrected chi connectivity index (χ2v) is 10.7. The van der Waals surface area contributed by atoms with Gasteiger partial charge >= 0.3 is 0 Å². The van der Waals surface area contributed by atoms with Crippen LogP contribution in [0.15, 0.2) is 125 Å². The summed E-state index contributed by atoms with van der Waals surface area (Å²) in [6.45, 7) is 2.10. The molecule has 1 aromatic heterocycles. The van der Waals surface area contributed by atoms with Crippen molar-refractivity contribution in [2.75, 3.05) is 0 Å². The molecule has 7 nitrogen and oxygen atoms in total. The number of benzene rings is 4. The largest absolute Gasteiger partial charge is 0.309 e. The molecule has 0 aliphatic carbocycles. The van der Waals surface area contributed by atoms with Gasteiger partial charge in [-0.2, -0.15) is 0 Å². The van der Waals surface area contributed by atoms with Gasteiger partial charge in [-0.25, -0.2) is 4.99 Å². The maximum atomic E-state index is 13.1. The van der Waals surface area contributed by atoms with Crippen molar-refractivity contribution in [2.45, 2.75) is 13.3 Å². The highest BCUT2D eigenvalue weighted by molar-refractivity contribution is 8.18. The lowest BCUT2D eigenvalue weighted by atomic mass is 10.1. The molecule has 206 valence electrons. The number of aromatic nitrogens is 1. The molecule has 0 spiro atoms. The predicted molar refractivity (Wildman–Crippen MR) is 170 cm³/mol. The monoisotopic (exact) mass is 570 g/mol. The molecule has 1 aliphatic heterocycles. The second-order valence-electron chi connectivity index (χ2n) is 9.68. The van der Waals surface area contributed by atoms with Crippen LogP contribution in [0.4, 0.5) is 11.4 Å². The lowest BCUT2D eigenvalue weighted by Gasteiger charge is -2.15. The number of nitrogens with zero attached hydrogens (tertiary/aromatic N) is 3. The Bertz CT molecular complexity index is 1830. The van der Waals surface area contributed by atoms with Gasteiger partial charge < -0.3 is 9.88 Å². The van der Waals surface area contributed by atoms with E-state index in [9.17, 15) is 14.9 Å². The number of aryl methyl sites for hydroxylation is 1. The summed E-state index contributed by atoms with van der Waals surface area (Å²) >= 11 is 1.30. The zero-order valence-corrected chi connectivity index (χ0v) is 23.5. The fourth-order valence-corrected chi connectivity index (χ4v) is 5.72. The van der Waals surface area contributed by atoms with Gasteiger partial charge in [0.05, 0.1) is 26.9 Å². The minimum Gasteiger partial charge on any atom is -0.309 e. The maximum absolute atomic E-state index is 13.1. The molecule has 1 saturated heterocycles. The van der Waals surface area contributed by atoms with Gasteiger partial charge in [0.2, 0.25) is 0 Å². The third-order valence-corrected chi connectivity index (χ3v) is 7.89. The Labute approximate surface area is 247 Å². The molecule has 0 atom stereocenters. The summed E-state index contributed by atoms with van der Waals surface area (Å²) in [5, 5.41) is 14.8. The molecule has 42 heavy (non-hydrogen) atoms. The summed E-state index contributed by atoms with van der Waals surface area (Å²) in [5.74, 6) is -0.215. The van der Waals surface area contributed by atoms with E-state index in [0.717, 1.165) is 45.9 Å². The van der Waals surface area contributed by atoms with Crippen LogP contribution in [0.3, 0.4) is 0 Å². The fraction of sp³-hybridized carbons (Fsp3) is 0.0588. The highest BCUT2D eigenvalue weighted by atomic mass is 32.2. The quantitative estimate of drug-likeness (QED) is 0.121.